The van der Waals surface area contributed by atoms with Gasteiger partial charge in [0.2, 0.25) is 16.1 Å². The third-order valence-corrected chi connectivity index (χ3v) is 7.39. The third-order valence-electron chi connectivity index (χ3n) is 5.20. The van der Waals surface area contributed by atoms with Crippen molar-refractivity contribution in [2.45, 2.75) is 17.2 Å². The summed E-state index contributed by atoms with van der Waals surface area (Å²) in [7, 11) is -4.45. The zero-order chi connectivity index (χ0) is 23.1. The Bertz CT molecular complexity index is 1130. The zero-order valence-electron chi connectivity index (χ0n) is 16.5. The fourth-order valence-electron chi connectivity index (χ4n) is 3.58. The van der Waals surface area contributed by atoms with Gasteiger partial charge in [0.25, 0.3) is 5.91 Å². The van der Waals surface area contributed by atoms with Crippen molar-refractivity contribution in [3.8, 4) is 11.5 Å². The molecule has 0 bridgehead atoms. The molecule has 2 aromatic carbocycles. The maximum Gasteiger partial charge on any atom is 0.417 e. The average molecular weight is 491 g/mol. The number of carbonyl (C=O) groups is 1. The number of para-hydroxylation sites is 2. The second-order valence-electron chi connectivity index (χ2n) is 7.23. The second kappa shape index (κ2) is 8.45. The number of sulfonamides is 1. The van der Waals surface area contributed by atoms with Crippen LogP contribution >= 0.6 is 11.6 Å². The Morgan fingerprint density at radius 1 is 1.03 bits per heavy atom. The van der Waals surface area contributed by atoms with Crippen molar-refractivity contribution in [3.63, 3.8) is 0 Å². The molecule has 2 heterocycles. The average Bonchev–Trinajstić information content (AvgIpc) is 2.77. The zero-order valence-corrected chi connectivity index (χ0v) is 18.1. The molecule has 0 saturated carbocycles. The Labute approximate surface area is 187 Å². The number of hydrogen-bond acceptors (Lipinski definition) is 5. The lowest BCUT2D eigenvalue weighted by Gasteiger charge is -2.36. The van der Waals surface area contributed by atoms with E-state index in [0.29, 0.717) is 17.6 Å². The molecule has 0 radical (unpaired) electrons. The lowest BCUT2D eigenvalue weighted by atomic mass is 10.2. The van der Waals surface area contributed by atoms with Crippen LogP contribution in [-0.4, -0.2) is 62.4 Å². The van der Waals surface area contributed by atoms with E-state index in [9.17, 15) is 26.4 Å². The molecule has 0 N–H and O–H groups in total. The number of benzene rings is 2. The van der Waals surface area contributed by atoms with Crippen molar-refractivity contribution in [1.29, 1.82) is 0 Å². The van der Waals surface area contributed by atoms with Crippen LogP contribution in [0.5, 0.6) is 11.5 Å². The Kier molecular flexibility index (Phi) is 5.99. The number of halogens is 4. The van der Waals surface area contributed by atoms with Crippen molar-refractivity contribution >= 4 is 27.5 Å². The van der Waals surface area contributed by atoms with Crippen LogP contribution in [0.1, 0.15) is 5.56 Å². The lowest BCUT2D eigenvalue weighted by Crippen LogP contribution is -2.55. The summed E-state index contributed by atoms with van der Waals surface area (Å²) in [6.07, 6.45) is -5.78. The van der Waals surface area contributed by atoms with Crippen LogP contribution < -0.4 is 9.47 Å². The van der Waals surface area contributed by atoms with Gasteiger partial charge in [-0.25, -0.2) is 8.42 Å². The summed E-state index contributed by atoms with van der Waals surface area (Å²) >= 11 is 5.64. The number of amides is 1. The number of rotatable bonds is 3. The summed E-state index contributed by atoms with van der Waals surface area (Å²) in [6.45, 7) is -0.284. The molecule has 1 saturated heterocycles. The largest absolute Gasteiger partial charge is 0.485 e. The first-order chi connectivity index (χ1) is 15.1. The van der Waals surface area contributed by atoms with Gasteiger partial charge in [-0.3, -0.25) is 4.79 Å². The number of carbonyl (C=O) groups excluding carboxylic acids is 1. The predicted molar refractivity (Wildman–Crippen MR) is 108 cm³/mol. The molecule has 12 heteroatoms. The van der Waals surface area contributed by atoms with Gasteiger partial charge in [0.15, 0.2) is 11.5 Å². The molecule has 7 nitrogen and oxygen atoms in total. The Morgan fingerprint density at radius 2 is 1.69 bits per heavy atom. The van der Waals surface area contributed by atoms with Gasteiger partial charge in [-0.15, -0.1) is 0 Å². The van der Waals surface area contributed by atoms with Gasteiger partial charge in [0.05, 0.1) is 10.5 Å². The minimum atomic E-state index is -4.89. The molecule has 0 aliphatic carbocycles. The van der Waals surface area contributed by atoms with Crippen LogP contribution in [0.3, 0.4) is 0 Å². The molecule has 2 aliphatic heterocycles. The van der Waals surface area contributed by atoms with Gasteiger partial charge in [0, 0.05) is 31.2 Å². The van der Waals surface area contributed by atoms with Crippen molar-refractivity contribution in [2.75, 3.05) is 32.8 Å². The number of nitrogens with zero attached hydrogens (tertiary/aromatic N) is 2. The van der Waals surface area contributed by atoms with Crippen LogP contribution in [-0.2, 0) is 21.0 Å². The van der Waals surface area contributed by atoms with Crippen molar-refractivity contribution in [2.24, 2.45) is 0 Å². The van der Waals surface area contributed by atoms with Crippen LogP contribution in [0.2, 0.25) is 5.02 Å². The molecular weight excluding hydrogens is 473 g/mol. The highest BCUT2D eigenvalue weighted by molar-refractivity contribution is 7.89. The standard InChI is InChI=1S/C20H18ClF3N2O5S/c21-13-5-6-18(14(11-13)20(22,23)24)32(28,29)26-9-7-25(8-10-26)19(27)17-12-30-15-3-1-2-4-16(15)31-17/h1-6,11,17H,7-10,12H2. The SMILES string of the molecule is O=C(C1COc2ccccc2O1)N1CCN(S(=O)(=O)c2ccc(Cl)cc2C(F)(F)F)CC1. The van der Waals surface area contributed by atoms with E-state index in [-0.39, 0.29) is 43.7 Å². The molecule has 1 unspecified atom stereocenters. The molecule has 4 rings (SSSR count). The molecule has 0 spiro atoms. The summed E-state index contributed by atoms with van der Waals surface area (Å²) in [5, 5.41) is -0.219. The Morgan fingerprint density at radius 3 is 2.34 bits per heavy atom. The van der Waals surface area contributed by atoms with Crippen LogP contribution in [0.15, 0.2) is 47.4 Å². The molecule has 1 fully saturated rings. The Balaban J connectivity index is 1.46. The fourth-order valence-corrected chi connectivity index (χ4v) is 5.37. The topological polar surface area (TPSA) is 76.2 Å². The molecule has 2 aliphatic rings. The first-order valence-electron chi connectivity index (χ1n) is 9.61. The van der Waals surface area contributed by atoms with Crippen LogP contribution in [0.4, 0.5) is 13.2 Å². The van der Waals surface area contributed by atoms with E-state index in [4.69, 9.17) is 21.1 Å². The number of ether oxygens (including phenoxy) is 2. The summed E-state index contributed by atoms with van der Waals surface area (Å²) in [6, 6.07) is 9.44. The number of piperazine rings is 1. The molecule has 32 heavy (non-hydrogen) atoms. The number of fused-ring (bicyclic) bond motifs is 1. The van der Waals surface area contributed by atoms with E-state index < -0.39 is 32.8 Å². The molecule has 1 atom stereocenters. The van der Waals surface area contributed by atoms with Crippen molar-refractivity contribution in [1.82, 2.24) is 9.21 Å². The van der Waals surface area contributed by atoms with Gasteiger partial charge in [-0.1, -0.05) is 23.7 Å². The van der Waals surface area contributed by atoms with Gasteiger partial charge in [-0.05, 0) is 30.3 Å². The van der Waals surface area contributed by atoms with E-state index in [0.717, 1.165) is 16.4 Å². The molecular formula is C20H18ClF3N2O5S. The lowest BCUT2D eigenvalue weighted by molar-refractivity contribution is -0.142. The van der Waals surface area contributed by atoms with E-state index in [1.54, 1.807) is 24.3 Å². The molecule has 172 valence electrons. The van der Waals surface area contributed by atoms with E-state index >= 15 is 0 Å². The van der Waals surface area contributed by atoms with Gasteiger partial charge < -0.3 is 14.4 Å². The maximum absolute atomic E-state index is 13.4. The van der Waals surface area contributed by atoms with Crippen LogP contribution in [0, 0.1) is 0 Å². The first-order valence-corrected chi connectivity index (χ1v) is 11.4. The molecule has 0 aromatic heterocycles. The normalized spacial score (nSPS) is 19.6. The smallest absolute Gasteiger partial charge is 0.417 e. The highest BCUT2D eigenvalue weighted by Crippen LogP contribution is 2.37. The van der Waals surface area contributed by atoms with E-state index in [1.807, 2.05) is 0 Å². The van der Waals surface area contributed by atoms with Gasteiger partial charge in [0.1, 0.15) is 6.61 Å². The maximum atomic E-state index is 13.4. The van der Waals surface area contributed by atoms with Gasteiger partial charge >= 0.3 is 6.18 Å². The molecule has 1 amide bonds. The van der Waals surface area contributed by atoms with Crippen LogP contribution in [0.25, 0.3) is 0 Å². The number of hydrogen-bond donors (Lipinski definition) is 0. The highest BCUT2D eigenvalue weighted by Gasteiger charge is 2.41. The fraction of sp³-hybridized carbons (Fsp3) is 0.350. The minimum absolute atomic E-state index is 0.00801. The predicted octanol–water partition coefficient (Wildman–Crippen LogP) is 3.03. The number of alkyl halides is 3. The quantitative estimate of drug-likeness (QED) is 0.661. The first kappa shape index (κ1) is 22.7. The highest BCUT2D eigenvalue weighted by atomic mass is 35.5. The monoisotopic (exact) mass is 490 g/mol. The van der Waals surface area contributed by atoms with Crippen molar-refractivity contribution in [3.05, 3.63) is 53.1 Å². The Hall–Kier alpha value is -2.50. The second-order valence-corrected chi connectivity index (χ2v) is 9.57. The minimum Gasteiger partial charge on any atom is -0.485 e. The molecule has 2 aromatic rings. The summed E-state index contributed by atoms with van der Waals surface area (Å²) in [5.41, 5.74) is -1.32. The summed E-state index contributed by atoms with van der Waals surface area (Å²) in [4.78, 5) is 13.4. The van der Waals surface area contributed by atoms with Crippen molar-refractivity contribution < 1.29 is 35.9 Å². The van der Waals surface area contributed by atoms with E-state index in [1.165, 1.54) is 4.90 Å². The van der Waals surface area contributed by atoms with E-state index in [2.05, 4.69) is 0 Å². The summed E-state index contributed by atoms with van der Waals surface area (Å²) < 4.78 is 78.1. The van der Waals surface area contributed by atoms with Gasteiger partial charge in [-0.2, -0.15) is 17.5 Å². The third kappa shape index (κ3) is 4.37. The summed E-state index contributed by atoms with van der Waals surface area (Å²) in [5.74, 6) is 0.579.